The van der Waals surface area contributed by atoms with Gasteiger partial charge in [-0.15, -0.1) is 0 Å². The van der Waals surface area contributed by atoms with Crippen molar-refractivity contribution in [2.75, 3.05) is 7.05 Å². The Morgan fingerprint density at radius 3 is 2.07 bits per heavy atom. The van der Waals surface area contributed by atoms with Crippen LogP contribution in [0.5, 0.6) is 0 Å². The molecule has 1 aromatic carbocycles. The fraction of sp³-hybridized carbons (Fsp3) is 0.125. The molecule has 0 bridgehead atoms. The van der Waals surface area contributed by atoms with Crippen molar-refractivity contribution < 1.29 is 14.8 Å². The van der Waals surface area contributed by atoms with Gasteiger partial charge in [-0.2, -0.15) is 0 Å². The number of hydrogen-bond donors (Lipinski definition) is 2. The molecular weight excluding hydrogens is 220 g/mol. The van der Waals surface area contributed by atoms with Crippen LogP contribution in [-0.2, 0) is 0 Å². The lowest BCUT2D eigenvalue weighted by Crippen LogP contribution is -2.11. The molecule has 82 valence electrons. The van der Waals surface area contributed by atoms with Crippen molar-refractivity contribution in [3.63, 3.8) is 0 Å². The topological polar surface area (TPSA) is 83.7 Å². The average Bonchev–Trinajstić information content (AvgIpc) is 2.20. The van der Waals surface area contributed by atoms with E-state index in [2.05, 4.69) is 12.8 Å². The Morgan fingerprint density at radius 2 is 1.87 bits per heavy atom. The van der Waals surface area contributed by atoms with Gasteiger partial charge in [-0.25, -0.2) is 4.79 Å². The summed E-state index contributed by atoms with van der Waals surface area (Å²) in [6, 6.07) is 7.93. The highest BCUT2D eigenvalue weighted by molar-refractivity contribution is 7.78. The summed E-state index contributed by atoms with van der Waals surface area (Å²) in [4.78, 5) is 19.1. The lowest BCUT2D eigenvalue weighted by molar-refractivity contribution is -0.384. The smallest absolute Gasteiger partial charge is 0.416 e. The second kappa shape index (κ2) is 6.66. The Morgan fingerprint density at radius 1 is 1.47 bits per heavy atom. The lowest BCUT2D eigenvalue weighted by Gasteiger charge is -1.97. The molecule has 15 heavy (non-hydrogen) atoms. The van der Waals surface area contributed by atoms with E-state index in [0.717, 1.165) is 4.31 Å². The third-order valence-corrected chi connectivity index (χ3v) is 1.41. The number of para-hydroxylation sites is 1. The summed E-state index contributed by atoms with van der Waals surface area (Å²) in [6.45, 7) is 0. The minimum atomic E-state index is -1.04. The maximum absolute atomic E-state index is 10.0. The molecule has 0 heterocycles. The molecule has 1 N–H and O–H groups in total. The van der Waals surface area contributed by atoms with E-state index in [0.29, 0.717) is 0 Å². The number of thiol groups is 1. The van der Waals surface area contributed by atoms with Crippen molar-refractivity contribution in [3.8, 4) is 0 Å². The Labute approximate surface area is 91.8 Å². The molecule has 0 unspecified atom stereocenters. The van der Waals surface area contributed by atoms with Crippen molar-refractivity contribution in [3.05, 3.63) is 40.4 Å². The summed E-state index contributed by atoms with van der Waals surface area (Å²) in [7, 11) is 1.34. The van der Waals surface area contributed by atoms with Gasteiger partial charge < -0.3 is 5.11 Å². The van der Waals surface area contributed by atoms with Crippen molar-refractivity contribution in [2.45, 2.75) is 0 Å². The first-order chi connectivity index (χ1) is 6.95. The number of rotatable bonds is 1. The van der Waals surface area contributed by atoms with Crippen LogP contribution in [0.25, 0.3) is 0 Å². The molecule has 1 rings (SSSR count). The number of carbonyl (C=O) groups is 1. The fourth-order valence-electron chi connectivity index (χ4n) is 0.550. The highest BCUT2D eigenvalue weighted by Crippen LogP contribution is 2.06. The van der Waals surface area contributed by atoms with E-state index in [4.69, 9.17) is 5.11 Å². The van der Waals surface area contributed by atoms with Crippen LogP contribution in [0.4, 0.5) is 10.5 Å². The first-order valence-corrected chi connectivity index (χ1v) is 4.20. The molecule has 0 aliphatic carbocycles. The van der Waals surface area contributed by atoms with E-state index in [1.54, 1.807) is 18.2 Å². The zero-order valence-electron chi connectivity index (χ0n) is 7.90. The fourth-order valence-corrected chi connectivity index (χ4v) is 0.550. The van der Waals surface area contributed by atoms with Crippen LogP contribution in [0.3, 0.4) is 0 Å². The number of carboxylic acid groups (broad SMARTS) is 1. The van der Waals surface area contributed by atoms with Gasteiger partial charge >= 0.3 is 6.09 Å². The van der Waals surface area contributed by atoms with Crippen LogP contribution < -0.4 is 0 Å². The average molecular weight is 230 g/mol. The highest BCUT2D eigenvalue weighted by atomic mass is 32.1. The Balaban J connectivity index is 0.000000288. The van der Waals surface area contributed by atoms with Crippen LogP contribution in [0.15, 0.2) is 30.3 Å². The number of hydrogen-bond acceptors (Lipinski definition) is 4. The number of amides is 1. The lowest BCUT2D eigenvalue weighted by atomic mass is 10.3. The van der Waals surface area contributed by atoms with E-state index < -0.39 is 11.0 Å². The molecule has 6 nitrogen and oxygen atoms in total. The number of benzene rings is 1. The van der Waals surface area contributed by atoms with Gasteiger partial charge in [0.2, 0.25) is 0 Å². The van der Waals surface area contributed by atoms with Crippen molar-refractivity contribution in [2.24, 2.45) is 0 Å². The maximum atomic E-state index is 10.0. The second-order valence-electron chi connectivity index (χ2n) is 2.40. The predicted octanol–water partition coefficient (Wildman–Crippen LogP) is 2.04. The molecule has 0 aromatic heterocycles. The van der Waals surface area contributed by atoms with Crippen LogP contribution in [0.1, 0.15) is 0 Å². The molecule has 0 fully saturated rings. The van der Waals surface area contributed by atoms with E-state index in [1.165, 1.54) is 19.2 Å². The minimum absolute atomic E-state index is 0.137. The predicted molar refractivity (Wildman–Crippen MR) is 57.9 cm³/mol. The first-order valence-electron chi connectivity index (χ1n) is 3.80. The molecule has 0 spiro atoms. The summed E-state index contributed by atoms with van der Waals surface area (Å²) in [5.74, 6) is 0. The summed E-state index contributed by atoms with van der Waals surface area (Å²) < 4.78 is 0.778. The van der Waals surface area contributed by atoms with Crippen LogP contribution in [0.2, 0.25) is 0 Å². The van der Waals surface area contributed by atoms with Gasteiger partial charge in [0.05, 0.1) is 4.92 Å². The molecule has 0 saturated carbocycles. The largest absolute Gasteiger partial charge is 0.464 e. The minimum Gasteiger partial charge on any atom is -0.464 e. The van der Waals surface area contributed by atoms with Gasteiger partial charge in [-0.05, 0) is 0 Å². The van der Waals surface area contributed by atoms with E-state index >= 15 is 0 Å². The van der Waals surface area contributed by atoms with Gasteiger partial charge in [-0.3, -0.25) is 14.4 Å². The van der Waals surface area contributed by atoms with E-state index in [9.17, 15) is 14.9 Å². The van der Waals surface area contributed by atoms with Gasteiger partial charge in [0.25, 0.3) is 5.69 Å². The third-order valence-electron chi connectivity index (χ3n) is 1.24. The Bertz CT molecular complexity index is 329. The summed E-state index contributed by atoms with van der Waals surface area (Å²) in [6.07, 6.45) is -1.04. The van der Waals surface area contributed by atoms with Crippen LogP contribution in [-0.4, -0.2) is 27.5 Å². The molecule has 0 aliphatic heterocycles. The molecule has 0 saturated heterocycles. The SMILES string of the molecule is CN(S)C(=O)O.O=[N+]([O-])c1ccccc1. The van der Waals surface area contributed by atoms with Crippen molar-refractivity contribution >= 4 is 24.6 Å². The molecule has 1 amide bonds. The number of nitro benzene ring substituents is 1. The monoisotopic (exact) mass is 230 g/mol. The van der Waals surface area contributed by atoms with Crippen LogP contribution in [0, 0.1) is 10.1 Å². The summed E-state index contributed by atoms with van der Waals surface area (Å²) in [5, 5.41) is 17.8. The summed E-state index contributed by atoms with van der Waals surface area (Å²) >= 11 is 3.43. The summed E-state index contributed by atoms with van der Waals surface area (Å²) in [5.41, 5.74) is 0.137. The zero-order valence-corrected chi connectivity index (χ0v) is 8.79. The quantitative estimate of drug-likeness (QED) is 0.439. The van der Waals surface area contributed by atoms with E-state index in [1.807, 2.05) is 0 Å². The van der Waals surface area contributed by atoms with Crippen molar-refractivity contribution in [1.29, 1.82) is 0 Å². The van der Waals surface area contributed by atoms with Gasteiger partial charge in [0.1, 0.15) is 0 Å². The first kappa shape index (κ1) is 13.2. The van der Waals surface area contributed by atoms with E-state index in [-0.39, 0.29) is 5.69 Å². The standard InChI is InChI=1S/C6H5NO2.C2H5NO2S/c8-7(9)6-4-2-1-3-5-6;1-3(6)2(4)5/h1-5H;6H,1H3,(H,4,5). The number of non-ortho nitro benzene ring substituents is 1. The van der Waals surface area contributed by atoms with Gasteiger partial charge in [-0.1, -0.05) is 31.0 Å². The molecule has 0 aliphatic rings. The second-order valence-corrected chi connectivity index (χ2v) is 3.00. The van der Waals surface area contributed by atoms with Gasteiger partial charge in [0, 0.05) is 19.2 Å². The maximum Gasteiger partial charge on any atom is 0.416 e. The zero-order chi connectivity index (χ0) is 11.8. The normalized spacial score (nSPS) is 8.40. The van der Waals surface area contributed by atoms with Gasteiger partial charge in [0.15, 0.2) is 0 Å². The highest BCUT2D eigenvalue weighted by Gasteiger charge is 1.98. The molecule has 0 radical (unpaired) electrons. The third kappa shape index (κ3) is 6.33. The molecular formula is C8H10N2O4S. The van der Waals surface area contributed by atoms with Crippen molar-refractivity contribution in [1.82, 2.24) is 4.31 Å². The molecule has 0 atom stereocenters. The number of nitrogens with zero attached hydrogens (tertiary/aromatic N) is 2. The Hall–Kier alpha value is -1.76. The molecule has 7 heteroatoms. The Kier molecular flexibility index (Phi) is 5.88. The van der Waals surface area contributed by atoms with Crippen LogP contribution >= 0.6 is 12.8 Å². The number of nitro groups is 1. The molecule has 1 aromatic rings.